The van der Waals surface area contributed by atoms with E-state index in [1.165, 1.54) is 25.1 Å². The third-order valence-electron chi connectivity index (χ3n) is 3.27. The largest absolute Gasteiger partial charge is 0.370 e. The number of benzene rings is 1. The number of rotatable bonds is 4. The van der Waals surface area contributed by atoms with E-state index in [2.05, 4.69) is 5.32 Å². The molecule has 1 aromatic carbocycles. The second kappa shape index (κ2) is 4.92. The maximum Gasteiger partial charge on any atom is 0.325 e. The molecule has 1 aromatic rings. The van der Waals surface area contributed by atoms with Gasteiger partial charge >= 0.3 is 6.03 Å². The highest BCUT2D eigenvalue weighted by Crippen LogP contribution is 2.30. The van der Waals surface area contributed by atoms with Crippen LogP contribution in [0.25, 0.3) is 0 Å². The number of hydrogen-bond acceptors (Lipinski definition) is 3. The zero-order valence-corrected chi connectivity index (χ0v) is 10.9. The first kappa shape index (κ1) is 14.0. The van der Waals surface area contributed by atoms with E-state index in [-0.39, 0.29) is 18.5 Å². The lowest BCUT2D eigenvalue weighted by Gasteiger charge is -2.22. The molecule has 6 nitrogen and oxygen atoms in total. The number of primary amides is 1. The highest BCUT2D eigenvalue weighted by molar-refractivity contribution is 6.07. The van der Waals surface area contributed by atoms with Crippen molar-refractivity contribution < 1.29 is 18.8 Å². The van der Waals surface area contributed by atoms with Gasteiger partial charge in [-0.1, -0.05) is 18.2 Å². The summed E-state index contributed by atoms with van der Waals surface area (Å²) in [5, 5.41) is 2.46. The van der Waals surface area contributed by atoms with Crippen LogP contribution in [0.1, 0.15) is 18.9 Å². The molecule has 1 fully saturated rings. The summed E-state index contributed by atoms with van der Waals surface area (Å²) < 4.78 is 13.8. The Kier molecular flexibility index (Phi) is 3.44. The van der Waals surface area contributed by atoms with Gasteiger partial charge in [-0.15, -0.1) is 0 Å². The minimum Gasteiger partial charge on any atom is -0.370 e. The Bertz CT molecular complexity index is 590. The van der Waals surface area contributed by atoms with Gasteiger partial charge in [0.15, 0.2) is 0 Å². The molecule has 0 saturated carbocycles. The van der Waals surface area contributed by atoms with Crippen LogP contribution in [0, 0.1) is 5.82 Å². The number of nitrogens with two attached hydrogens (primary N) is 1. The number of carbonyl (C=O) groups excluding carboxylic acids is 3. The fraction of sp³-hybridized carbons (Fsp3) is 0.308. The van der Waals surface area contributed by atoms with E-state index in [0.29, 0.717) is 0 Å². The van der Waals surface area contributed by atoms with Crippen molar-refractivity contribution in [3.05, 3.63) is 35.6 Å². The number of nitrogens with zero attached hydrogens (tertiary/aromatic N) is 1. The molecule has 7 heteroatoms. The molecule has 0 unspecified atom stereocenters. The zero-order chi connectivity index (χ0) is 14.9. The van der Waals surface area contributed by atoms with E-state index in [9.17, 15) is 18.8 Å². The minimum absolute atomic E-state index is 0.0833. The van der Waals surface area contributed by atoms with Crippen LogP contribution in [0.2, 0.25) is 0 Å². The van der Waals surface area contributed by atoms with E-state index in [4.69, 9.17) is 5.73 Å². The van der Waals surface area contributed by atoms with Crippen LogP contribution < -0.4 is 11.1 Å². The molecule has 20 heavy (non-hydrogen) atoms. The maximum absolute atomic E-state index is 13.8. The molecule has 1 heterocycles. The molecular weight excluding hydrogens is 265 g/mol. The van der Waals surface area contributed by atoms with Crippen molar-refractivity contribution in [2.24, 2.45) is 5.73 Å². The van der Waals surface area contributed by atoms with E-state index in [0.717, 1.165) is 4.90 Å². The molecular formula is C13H14FN3O3. The Morgan fingerprint density at radius 3 is 2.65 bits per heavy atom. The Morgan fingerprint density at radius 1 is 1.40 bits per heavy atom. The number of nitrogens with one attached hydrogen (secondary N) is 1. The Hall–Kier alpha value is -2.44. The Morgan fingerprint density at radius 2 is 2.05 bits per heavy atom. The first-order valence-electron chi connectivity index (χ1n) is 6.03. The van der Waals surface area contributed by atoms with Crippen LogP contribution in [0.5, 0.6) is 0 Å². The lowest BCUT2D eigenvalue weighted by atomic mass is 9.91. The average Bonchev–Trinajstić information content (AvgIpc) is 2.59. The summed E-state index contributed by atoms with van der Waals surface area (Å²) in [6, 6.07) is 5.06. The predicted molar refractivity (Wildman–Crippen MR) is 67.8 cm³/mol. The van der Waals surface area contributed by atoms with Crippen LogP contribution in [-0.2, 0) is 15.1 Å². The van der Waals surface area contributed by atoms with Gasteiger partial charge in [0.25, 0.3) is 5.91 Å². The van der Waals surface area contributed by atoms with Gasteiger partial charge in [-0.05, 0) is 13.0 Å². The molecule has 1 aliphatic heterocycles. The molecule has 0 spiro atoms. The molecule has 0 radical (unpaired) electrons. The normalized spacial score (nSPS) is 22.0. The molecule has 4 amide bonds. The molecule has 0 aliphatic carbocycles. The van der Waals surface area contributed by atoms with Gasteiger partial charge in [-0.2, -0.15) is 0 Å². The highest BCUT2D eigenvalue weighted by Gasteiger charge is 2.49. The van der Waals surface area contributed by atoms with Gasteiger partial charge in [0.1, 0.15) is 11.4 Å². The second-order valence-electron chi connectivity index (χ2n) is 4.71. The van der Waals surface area contributed by atoms with Crippen molar-refractivity contribution >= 4 is 17.8 Å². The van der Waals surface area contributed by atoms with Crippen LogP contribution in [0.4, 0.5) is 9.18 Å². The average molecular weight is 279 g/mol. The summed E-state index contributed by atoms with van der Waals surface area (Å²) in [4.78, 5) is 35.8. The fourth-order valence-electron chi connectivity index (χ4n) is 2.17. The van der Waals surface area contributed by atoms with Gasteiger partial charge in [-0.25, -0.2) is 9.18 Å². The summed E-state index contributed by atoms with van der Waals surface area (Å²) in [5.41, 5.74) is 3.61. The van der Waals surface area contributed by atoms with Crippen LogP contribution >= 0.6 is 0 Å². The van der Waals surface area contributed by atoms with E-state index < -0.39 is 29.2 Å². The standard InChI is InChI=1S/C13H14FN3O3/c1-13(8-4-2-3-5-9(8)14)11(19)17(12(20)16-13)7-6-10(15)18/h2-5H,6-7H2,1H3,(H2,15,18)(H,16,20)/t13-/m0/s1. The summed E-state index contributed by atoms with van der Waals surface area (Å²) in [6.07, 6.45) is -0.132. The van der Waals surface area contributed by atoms with Crippen molar-refractivity contribution in [2.45, 2.75) is 18.9 Å². The van der Waals surface area contributed by atoms with E-state index >= 15 is 0 Å². The van der Waals surface area contributed by atoms with Gasteiger partial charge in [0, 0.05) is 18.5 Å². The van der Waals surface area contributed by atoms with Crippen molar-refractivity contribution in [3.63, 3.8) is 0 Å². The molecule has 3 N–H and O–H groups in total. The van der Waals surface area contributed by atoms with Gasteiger partial charge in [0.05, 0.1) is 0 Å². The molecule has 0 aromatic heterocycles. The number of carbonyl (C=O) groups is 3. The smallest absolute Gasteiger partial charge is 0.325 e. The number of imide groups is 1. The highest BCUT2D eigenvalue weighted by atomic mass is 19.1. The van der Waals surface area contributed by atoms with Crippen LogP contribution in [-0.4, -0.2) is 29.3 Å². The molecule has 106 valence electrons. The molecule has 2 rings (SSSR count). The third-order valence-corrected chi connectivity index (χ3v) is 3.27. The Labute approximate surface area is 114 Å². The first-order chi connectivity index (χ1) is 9.36. The number of hydrogen-bond donors (Lipinski definition) is 2. The predicted octanol–water partition coefficient (Wildman–Crippen LogP) is 0.468. The van der Waals surface area contributed by atoms with E-state index in [1.807, 2.05) is 0 Å². The number of urea groups is 1. The maximum atomic E-state index is 13.8. The van der Waals surface area contributed by atoms with Crippen molar-refractivity contribution in [1.29, 1.82) is 0 Å². The van der Waals surface area contributed by atoms with Crippen molar-refractivity contribution in [3.8, 4) is 0 Å². The third kappa shape index (κ3) is 2.22. The quantitative estimate of drug-likeness (QED) is 0.784. The van der Waals surface area contributed by atoms with Crippen molar-refractivity contribution in [2.75, 3.05) is 6.54 Å². The molecule has 0 bridgehead atoms. The molecule has 1 aliphatic rings. The van der Waals surface area contributed by atoms with Gasteiger partial charge < -0.3 is 11.1 Å². The number of halogens is 1. The Balaban J connectivity index is 2.31. The van der Waals surface area contributed by atoms with Crippen LogP contribution in [0.15, 0.2) is 24.3 Å². The molecule has 1 atom stereocenters. The summed E-state index contributed by atoms with van der Waals surface area (Å²) >= 11 is 0. The summed E-state index contributed by atoms with van der Waals surface area (Å²) in [7, 11) is 0. The van der Waals surface area contributed by atoms with E-state index in [1.54, 1.807) is 6.07 Å². The topological polar surface area (TPSA) is 92.5 Å². The van der Waals surface area contributed by atoms with Gasteiger partial charge in [-0.3, -0.25) is 14.5 Å². The minimum atomic E-state index is -1.47. The fourth-order valence-corrected chi connectivity index (χ4v) is 2.17. The lowest BCUT2D eigenvalue weighted by molar-refractivity contribution is -0.131. The number of amides is 4. The monoisotopic (exact) mass is 279 g/mol. The lowest BCUT2D eigenvalue weighted by Crippen LogP contribution is -2.42. The zero-order valence-electron chi connectivity index (χ0n) is 10.9. The summed E-state index contributed by atoms with van der Waals surface area (Å²) in [5.74, 6) is -1.81. The van der Waals surface area contributed by atoms with Crippen LogP contribution in [0.3, 0.4) is 0 Å². The second-order valence-corrected chi connectivity index (χ2v) is 4.71. The molecule has 1 saturated heterocycles. The van der Waals surface area contributed by atoms with Crippen molar-refractivity contribution in [1.82, 2.24) is 10.2 Å². The first-order valence-corrected chi connectivity index (χ1v) is 6.03. The van der Waals surface area contributed by atoms with Gasteiger partial charge in [0.2, 0.25) is 5.91 Å². The summed E-state index contributed by atoms with van der Waals surface area (Å²) in [6.45, 7) is 1.31. The SMILES string of the molecule is C[C@@]1(c2ccccc2F)NC(=O)N(CCC(N)=O)C1=O.